The van der Waals surface area contributed by atoms with Gasteiger partial charge in [-0.2, -0.15) is 5.10 Å². The Hall–Kier alpha value is -2.81. The van der Waals surface area contributed by atoms with E-state index in [0.717, 1.165) is 41.1 Å². The fourth-order valence-corrected chi connectivity index (χ4v) is 6.68. The second-order valence-electron chi connectivity index (χ2n) is 8.55. The Bertz CT molecular complexity index is 1250. The molecular weight excluding hydrogens is 414 g/mol. The molecule has 2 aliphatic heterocycles. The van der Waals surface area contributed by atoms with Gasteiger partial charge in [0, 0.05) is 43.3 Å². The quantitative estimate of drug-likeness (QED) is 0.674. The number of carbonyl (C=O) groups is 1. The first kappa shape index (κ1) is 20.1. The number of carbonyl (C=O) groups excluding carboxylic acids is 1. The summed E-state index contributed by atoms with van der Waals surface area (Å²) in [6.07, 6.45) is 2.42. The van der Waals surface area contributed by atoms with Crippen LogP contribution < -0.4 is 4.90 Å². The van der Waals surface area contributed by atoms with Crippen molar-refractivity contribution in [2.45, 2.75) is 26.3 Å². The molecule has 8 nitrogen and oxygen atoms in total. The number of sulfone groups is 1. The molecule has 1 N–H and O–H groups in total. The zero-order chi connectivity index (χ0) is 21.8. The van der Waals surface area contributed by atoms with E-state index in [2.05, 4.69) is 15.0 Å². The van der Waals surface area contributed by atoms with Crippen LogP contribution in [0.3, 0.4) is 0 Å². The molecule has 3 aromatic rings. The molecule has 1 amide bonds. The number of fused-ring (bicyclic) bond motifs is 1. The largest absolute Gasteiger partial charge is 0.365 e. The molecule has 4 heterocycles. The lowest BCUT2D eigenvalue weighted by atomic mass is 10.1. The number of rotatable bonds is 3. The minimum absolute atomic E-state index is 0.0531. The molecule has 0 saturated carbocycles. The van der Waals surface area contributed by atoms with E-state index in [0.29, 0.717) is 25.1 Å². The highest BCUT2D eigenvalue weighted by Gasteiger charge is 2.33. The lowest BCUT2D eigenvalue weighted by Crippen LogP contribution is -2.49. The molecule has 2 aliphatic rings. The average Bonchev–Trinajstić information content (AvgIpc) is 3.42. The van der Waals surface area contributed by atoms with Crippen LogP contribution in [0.1, 0.15) is 34.2 Å². The summed E-state index contributed by atoms with van der Waals surface area (Å²) in [5, 5.41) is 5.64. The number of hydrogen-bond acceptors (Lipinski definition) is 5. The third kappa shape index (κ3) is 3.50. The van der Waals surface area contributed by atoms with E-state index in [9.17, 15) is 13.2 Å². The summed E-state index contributed by atoms with van der Waals surface area (Å²) in [5.74, 6) is 0.457. The maximum absolute atomic E-state index is 13.1. The number of aromatic nitrogens is 3. The van der Waals surface area contributed by atoms with Gasteiger partial charge < -0.3 is 14.8 Å². The first-order chi connectivity index (χ1) is 14.8. The number of nitrogens with zero attached hydrogens (tertiary/aromatic N) is 4. The molecule has 164 valence electrons. The number of amides is 1. The summed E-state index contributed by atoms with van der Waals surface area (Å²) < 4.78 is 25.7. The number of H-pyrrole nitrogens is 1. The SMILES string of the molecule is Cc1nn(C2CCS(=O)(=O)C2)c(C)c1N1CCN(C(=O)c2c[nH]c3ccccc23)CC1. The highest BCUT2D eigenvalue weighted by atomic mass is 32.2. The summed E-state index contributed by atoms with van der Waals surface area (Å²) in [6.45, 7) is 6.73. The van der Waals surface area contributed by atoms with Gasteiger partial charge in [0.25, 0.3) is 5.91 Å². The molecule has 0 aliphatic carbocycles. The minimum Gasteiger partial charge on any atom is -0.365 e. The standard InChI is InChI=1S/C22H27N5O3S/c1-15-21(16(2)27(24-15)17-7-12-31(29,30)14-17)25-8-10-26(11-9-25)22(28)19-13-23-20-6-4-3-5-18(19)20/h3-6,13,17,23H,7-12,14H2,1-2H3. The highest BCUT2D eigenvalue weighted by molar-refractivity contribution is 7.91. The van der Waals surface area contributed by atoms with Crippen LogP contribution >= 0.6 is 0 Å². The first-order valence-electron chi connectivity index (χ1n) is 10.7. The number of para-hydroxylation sites is 1. The molecule has 31 heavy (non-hydrogen) atoms. The maximum Gasteiger partial charge on any atom is 0.256 e. The van der Waals surface area contributed by atoms with Gasteiger partial charge in [-0.3, -0.25) is 9.48 Å². The number of benzene rings is 1. The monoisotopic (exact) mass is 441 g/mol. The molecule has 1 aromatic carbocycles. The van der Waals surface area contributed by atoms with Gasteiger partial charge in [-0.15, -0.1) is 0 Å². The van der Waals surface area contributed by atoms with Crippen molar-refractivity contribution in [3.05, 3.63) is 47.4 Å². The summed E-state index contributed by atoms with van der Waals surface area (Å²) in [5.41, 5.74) is 4.68. The van der Waals surface area contributed by atoms with Crippen molar-refractivity contribution in [3.8, 4) is 0 Å². The number of aromatic amines is 1. The Labute approximate surface area is 181 Å². The molecule has 5 rings (SSSR count). The summed E-state index contributed by atoms with van der Waals surface area (Å²) in [7, 11) is -2.96. The van der Waals surface area contributed by atoms with Crippen LogP contribution in [-0.4, -0.2) is 71.7 Å². The Morgan fingerprint density at radius 2 is 1.87 bits per heavy atom. The van der Waals surface area contributed by atoms with E-state index in [1.165, 1.54) is 0 Å². The molecule has 2 saturated heterocycles. The molecule has 0 radical (unpaired) electrons. The van der Waals surface area contributed by atoms with Crippen molar-refractivity contribution in [1.82, 2.24) is 19.7 Å². The lowest BCUT2D eigenvalue weighted by Gasteiger charge is -2.36. The van der Waals surface area contributed by atoms with Gasteiger partial charge in [0.15, 0.2) is 9.84 Å². The minimum atomic E-state index is -2.96. The van der Waals surface area contributed by atoms with E-state index in [1.807, 2.05) is 47.7 Å². The Morgan fingerprint density at radius 1 is 1.13 bits per heavy atom. The van der Waals surface area contributed by atoms with Crippen molar-refractivity contribution in [3.63, 3.8) is 0 Å². The van der Waals surface area contributed by atoms with E-state index >= 15 is 0 Å². The van der Waals surface area contributed by atoms with Gasteiger partial charge in [0.2, 0.25) is 0 Å². The Balaban J connectivity index is 1.31. The van der Waals surface area contributed by atoms with Gasteiger partial charge in [-0.1, -0.05) is 18.2 Å². The van der Waals surface area contributed by atoms with Crippen molar-refractivity contribution >= 4 is 32.3 Å². The van der Waals surface area contributed by atoms with Crippen molar-refractivity contribution < 1.29 is 13.2 Å². The second-order valence-corrected chi connectivity index (χ2v) is 10.8. The molecule has 1 unspecified atom stereocenters. The summed E-state index contributed by atoms with van der Waals surface area (Å²) >= 11 is 0. The Morgan fingerprint density at radius 3 is 2.58 bits per heavy atom. The van der Waals surface area contributed by atoms with Gasteiger partial charge in [0.05, 0.1) is 40.2 Å². The van der Waals surface area contributed by atoms with Crippen LogP contribution in [0.2, 0.25) is 0 Å². The smallest absolute Gasteiger partial charge is 0.256 e. The van der Waals surface area contributed by atoms with E-state index in [4.69, 9.17) is 0 Å². The summed E-state index contributed by atoms with van der Waals surface area (Å²) in [4.78, 5) is 20.5. The van der Waals surface area contributed by atoms with Crippen LogP contribution in [0.5, 0.6) is 0 Å². The van der Waals surface area contributed by atoms with E-state index in [-0.39, 0.29) is 23.5 Å². The molecule has 1 atom stereocenters. The molecule has 2 fully saturated rings. The zero-order valence-corrected chi connectivity index (χ0v) is 18.7. The van der Waals surface area contributed by atoms with Crippen LogP contribution in [0, 0.1) is 13.8 Å². The van der Waals surface area contributed by atoms with E-state index < -0.39 is 9.84 Å². The van der Waals surface area contributed by atoms with Crippen LogP contribution in [0.25, 0.3) is 10.9 Å². The molecule has 0 spiro atoms. The van der Waals surface area contributed by atoms with Crippen molar-refractivity contribution in [2.24, 2.45) is 0 Å². The number of aryl methyl sites for hydroxylation is 1. The van der Waals surface area contributed by atoms with E-state index in [1.54, 1.807) is 6.20 Å². The fourth-order valence-electron chi connectivity index (χ4n) is 4.99. The van der Waals surface area contributed by atoms with Gasteiger partial charge in [0.1, 0.15) is 0 Å². The average molecular weight is 442 g/mol. The zero-order valence-electron chi connectivity index (χ0n) is 17.8. The number of nitrogens with one attached hydrogen (secondary N) is 1. The molecule has 0 bridgehead atoms. The normalized spacial score (nSPS) is 21.2. The molecular formula is C22H27N5O3S. The number of anilines is 1. The first-order valence-corrected chi connectivity index (χ1v) is 12.5. The lowest BCUT2D eigenvalue weighted by molar-refractivity contribution is 0.0749. The topological polar surface area (TPSA) is 91.3 Å². The van der Waals surface area contributed by atoms with Crippen LogP contribution in [-0.2, 0) is 9.84 Å². The van der Waals surface area contributed by atoms with Crippen molar-refractivity contribution in [1.29, 1.82) is 0 Å². The Kier molecular flexibility index (Phi) is 4.80. The van der Waals surface area contributed by atoms with Gasteiger partial charge >= 0.3 is 0 Å². The maximum atomic E-state index is 13.1. The number of piperazine rings is 1. The third-order valence-electron chi connectivity index (χ3n) is 6.54. The molecule has 9 heteroatoms. The van der Waals surface area contributed by atoms with Crippen LogP contribution in [0.15, 0.2) is 30.5 Å². The van der Waals surface area contributed by atoms with Crippen molar-refractivity contribution in [2.75, 3.05) is 42.6 Å². The fraction of sp³-hybridized carbons (Fsp3) is 0.455. The summed E-state index contributed by atoms with van der Waals surface area (Å²) in [6, 6.07) is 7.77. The highest BCUT2D eigenvalue weighted by Crippen LogP contribution is 2.32. The predicted octanol–water partition coefficient (Wildman–Crippen LogP) is 2.30. The predicted molar refractivity (Wildman–Crippen MR) is 120 cm³/mol. The van der Waals surface area contributed by atoms with Gasteiger partial charge in [-0.05, 0) is 26.3 Å². The van der Waals surface area contributed by atoms with Gasteiger partial charge in [-0.25, -0.2) is 8.42 Å². The molecule has 2 aromatic heterocycles. The number of hydrogen-bond donors (Lipinski definition) is 1. The van der Waals surface area contributed by atoms with Crippen LogP contribution in [0.4, 0.5) is 5.69 Å². The third-order valence-corrected chi connectivity index (χ3v) is 8.29. The second kappa shape index (κ2) is 7.40.